The molecule has 2 atom stereocenters. The standard InChI is InChI=1S/C14H20BrNO3/c1-14(18,9-17)8-16-12-3-2-6-19-13-7-10(15)4-5-11(12)13/h4-5,7,12,16-18H,2-3,6,8-9H2,1H3. The molecule has 19 heavy (non-hydrogen) atoms. The number of aliphatic hydroxyl groups is 2. The van der Waals surface area contributed by atoms with Crippen molar-refractivity contribution in [2.45, 2.75) is 31.4 Å². The normalized spacial score (nSPS) is 22.0. The molecule has 0 radical (unpaired) electrons. The van der Waals surface area contributed by atoms with Crippen LogP contribution in [0.4, 0.5) is 0 Å². The number of hydrogen-bond donors (Lipinski definition) is 3. The van der Waals surface area contributed by atoms with Gasteiger partial charge in [0.15, 0.2) is 0 Å². The second-order valence-corrected chi connectivity index (χ2v) is 6.18. The van der Waals surface area contributed by atoms with Crippen LogP contribution in [0.3, 0.4) is 0 Å². The van der Waals surface area contributed by atoms with Crippen LogP contribution in [0.15, 0.2) is 22.7 Å². The van der Waals surface area contributed by atoms with E-state index in [1.54, 1.807) is 6.92 Å². The predicted molar refractivity (Wildman–Crippen MR) is 77.3 cm³/mol. The van der Waals surface area contributed by atoms with Gasteiger partial charge in [-0.05, 0) is 31.9 Å². The van der Waals surface area contributed by atoms with Gasteiger partial charge in [-0.1, -0.05) is 22.0 Å². The highest BCUT2D eigenvalue weighted by Gasteiger charge is 2.24. The predicted octanol–water partition coefficient (Wildman–Crippen LogP) is 2.00. The number of ether oxygens (including phenoxy) is 1. The Bertz CT molecular complexity index is 437. The lowest BCUT2D eigenvalue weighted by Crippen LogP contribution is -2.42. The maximum Gasteiger partial charge on any atom is 0.125 e. The van der Waals surface area contributed by atoms with Crippen LogP contribution in [0.25, 0.3) is 0 Å². The van der Waals surface area contributed by atoms with Gasteiger partial charge in [0.25, 0.3) is 0 Å². The number of halogens is 1. The van der Waals surface area contributed by atoms with Crippen LogP contribution >= 0.6 is 15.9 Å². The van der Waals surface area contributed by atoms with E-state index in [9.17, 15) is 5.11 Å². The van der Waals surface area contributed by atoms with E-state index in [0.717, 1.165) is 28.6 Å². The smallest absolute Gasteiger partial charge is 0.125 e. The van der Waals surface area contributed by atoms with Crippen molar-refractivity contribution < 1.29 is 14.9 Å². The Balaban J connectivity index is 2.13. The molecule has 0 amide bonds. The molecule has 2 rings (SSSR count). The first kappa shape index (κ1) is 14.8. The van der Waals surface area contributed by atoms with E-state index >= 15 is 0 Å². The number of aliphatic hydroxyl groups excluding tert-OH is 1. The summed E-state index contributed by atoms with van der Waals surface area (Å²) in [5.41, 5.74) is 0.0114. The quantitative estimate of drug-likeness (QED) is 0.790. The summed E-state index contributed by atoms with van der Waals surface area (Å²) in [6.07, 6.45) is 1.92. The van der Waals surface area contributed by atoms with E-state index in [2.05, 4.69) is 21.2 Å². The van der Waals surface area contributed by atoms with Crippen LogP contribution < -0.4 is 10.1 Å². The molecule has 1 aliphatic rings. The van der Waals surface area contributed by atoms with Gasteiger partial charge in [0.05, 0.1) is 18.8 Å². The Morgan fingerprint density at radius 1 is 1.53 bits per heavy atom. The van der Waals surface area contributed by atoms with Gasteiger partial charge < -0.3 is 20.3 Å². The molecule has 5 heteroatoms. The topological polar surface area (TPSA) is 61.7 Å². The van der Waals surface area contributed by atoms with Gasteiger partial charge in [0.1, 0.15) is 5.75 Å². The fourth-order valence-corrected chi connectivity index (χ4v) is 2.50. The third-order valence-corrected chi connectivity index (χ3v) is 3.81. The zero-order valence-electron chi connectivity index (χ0n) is 11.0. The van der Waals surface area contributed by atoms with Crippen LogP contribution in [0.5, 0.6) is 5.75 Å². The van der Waals surface area contributed by atoms with Gasteiger partial charge in [-0.3, -0.25) is 0 Å². The Morgan fingerprint density at radius 3 is 3.05 bits per heavy atom. The van der Waals surface area contributed by atoms with E-state index in [-0.39, 0.29) is 12.6 Å². The molecular weight excluding hydrogens is 310 g/mol. The molecule has 0 aliphatic carbocycles. The summed E-state index contributed by atoms with van der Waals surface area (Å²) in [6, 6.07) is 6.14. The summed E-state index contributed by atoms with van der Waals surface area (Å²) in [4.78, 5) is 0. The maximum atomic E-state index is 9.87. The molecule has 0 fully saturated rings. The van der Waals surface area contributed by atoms with Gasteiger partial charge in [0, 0.05) is 22.6 Å². The average Bonchev–Trinajstić information content (AvgIpc) is 2.58. The highest BCUT2D eigenvalue weighted by molar-refractivity contribution is 9.10. The lowest BCUT2D eigenvalue weighted by molar-refractivity contribution is 0.000504. The van der Waals surface area contributed by atoms with Crippen molar-refractivity contribution in [1.29, 1.82) is 0 Å². The molecule has 1 aromatic carbocycles. The first-order valence-corrected chi connectivity index (χ1v) is 7.30. The van der Waals surface area contributed by atoms with Gasteiger partial charge in [-0.25, -0.2) is 0 Å². The summed E-state index contributed by atoms with van der Waals surface area (Å²) in [5.74, 6) is 0.882. The Kier molecular flexibility index (Phi) is 4.84. The number of benzene rings is 1. The second kappa shape index (κ2) is 6.22. The fourth-order valence-electron chi connectivity index (χ4n) is 2.16. The van der Waals surface area contributed by atoms with Crippen molar-refractivity contribution in [3.63, 3.8) is 0 Å². The van der Waals surface area contributed by atoms with Crippen molar-refractivity contribution in [1.82, 2.24) is 5.32 Å². The molecule has 0 saturated carbocycles. The largest absolute Gasteiger partial charge is 0.493 e. The molecule has 1 aliphatic heterocycles. The van der Waals surface area contributed by atoms with Crippen molar-refractivity contribution in [2.24, 2.45) is 0 Å². The van der Waals surface area contributed by atoms with Crippen molar-refractivity contribution in [2.75, 3.05) is 19.8 Å². The first-order valence-electron chi connectivity index (χ1n) is 6.51. The molecule has 0 bridgehead atoms. The third-order valence-electron chi connectivity index (χ3n) is 3.32. The SMILES string of the molecule is CC(O)(CO)CNC1CCCOc2cc(Br)ccc21. The number of hydrogen-bond acceptors (Lipinski definition) is 4. The minimum atomic E-state index is -1.09. The van der Waals surface area contributed by atoms with Crippen LogP contribution in [0.2, 0.25) is 0 Å². The minimum Gasteiger partial charge on any atom is -0.493 e. The summed E-state index contributed by atoms with van der Waals surface area (Å²) >= 11 is 3.44. The monoisotopic (exact) mass is 329 g/mol. The average molecular weight is 330 g/mol. The van der Waals surface area contributed by atoms with Crippen LogP contribution in [-0.2, 0) is 0 Å². The lowest BCUT2D eigenvalue weighted by Gasteiger charge is -2.25. The zero-order valence-corrected chi connectivity index (χ0v) is 12.6. The highest BCUT2D eigenvalue weighted by atomic mass is 79.9. The molecule has 106 valence electrons. The van der Waals surface area contributed by atoms with Gasteiger partial charge >= 0.3 is 0 Å². The Morgan fingerprint density at radius 2 is 2.32 bits per heavy atom. The summed E-state index contributed by atoms with van der Waals surface area (Å²) in [7, 11) is 0. The summed E-state index contributed by atoms with van der Waals surface area (Å²) < 4.78 is 6.73. The van der Waals surface area contributed by atoms with E-state index < -0.39 is 5.60 Å². The highest BCUT2D eigenvalue weighted by Crippen LogP contribution is 2.33. The molecule has 1 heterocycles. The Hall–Kier alpha value is -0.620. The molecule has 2 unspecified atom stereocenters. The fraction of sp³-hybridized carbons (Fsp3) is 0.571. The van der Waals surface area contributed by atoms with Gasteiger partial charge in [0.2, 0.25) is 0 Å². The van der Waals surface area contributed by atoms with E-state index in [4.69, 9.17) is 9.84 Å². The summed E-state index contributed by atoms with van der Waals surface area (Å²) in [6.45, 7) is 2.42. The van der Waals surface area contributed by atoms with Gasteiger partial charge in [-0.2, -0.15) is 0 Å². The number of nitrogens with one attached hydrogen (secondary N) is 1. The maximum absolute atomic E-state index is 9.87. The van der Waals surface area contributed by atoms with E-state index in [1.807, 2.05) is 18.2 Å². The van der Waals surface area contributed by atoms with Crippen LogP contribution in [0, 0.1) is 0 Å². The van der Waals surface area contributed by atoms with Crippen molar-refractivity contribution in [3.8, 4) is 5.75 Å². The van der Waals surface area contributed by atoms with Crippen molar-refractivity contribution >= 4 is 15.9 Å². The van der Waals surface area contributed by atoms with Crippen LogP contribution in [-0.4, -0.2) is 35.6 Å². The molecule has 0 saturated heterocycles. The van der Waals surface area contributed by atoms with Gasteiger partial charge in [-0.15, -0.1) is 0 Å². The molecule has 1 aromatic rings. The van der Waals surface area contributed by atoms with Crippen LogP contribution in [0.1, 0.15) is 31.4 Å². The molecule has 0 aromatic heterocycles. The lowest BCUT2D eigenvalue weighted by atomic mass is 10.0. The number of rotatable bonds is 4. The minimum absolute atomic E-state index is 0.142. The molecule has 3 N–H and O–H groups in total. The zero-order chi connectivity index (χ0) is 13.9. The third kappa shape index (κ3) is 3.92. The number of fused-ring (bicyclic) bond motifs is 1. The van der Waals surface area contributed by atoms with E-state index in [0.29, 0.717) is 13.2 Å². The van der Waals surface area contributed by atoms with E-state index in [1.165, 1.54) is 0 Å². The second-order valence-electron chi connectivity index (χ2n) is 5.26. The summed E-state index contributed by atoms with van der Waals surface area (Å²) in [5, 5.41) is 22.3. The Labute approximate surface area is 121 Å². The molecule has 0 spiro atoms. The van der Waals surface area contributed by atoms with Crippen molar-refractivity contribution in [3.05, 3.63) is 28.2 Å². The molecule has 4 nitrogen and oxygen atoms in total. The first-order chi connectivity index (χ1) is 9.02. The molecular formula is C14H20BrNO3.